The van der Waals surface area contributed by atoms with Crippen molar-refractivity contribution in [2.24, 2.45) is 0 Å². The summed E-state index contributed by atoms with van der Waals surface area (Å²) in [5.74, 6) is -2.27. The van der Waals surface area contributed by atoms with Crippen molar-refractivity contribution >= 4 is 5.97 Å². The lowest BCUT2D eigenvalue weighted by molar-refractivity contribution is -0.258. The Balaban J connectivity index is 4.34. The first-order chi connectivity index (χ1) is 7.75. The molecule has 3 nitrogen and oxygen atoms in total. The fourth-order valence-corrected chi connectivity index (χ4v) is 1.21. The molecule has 17 heavy (non-hydrogen) atoms. The van der Waals surface area contributed by atoms with Crippen molar-refractivity contribution in [1.29, 1.82) is 0 Å². The maximum absolute atomic E-state index is 12.3. The Labute approximate surface area is 97.9 Å². The normalized spacial score (nSPS) is 16.1. The SMILES string of the molecule is CCCCC/C=C/CC(O)(C(=O)O)C(F)(F)F. The summed E-state index contributed by atoms with van der Waals surface area (Å²) < 4.78 is 37.0. The van der Waals surface area contributed by atoms with Gasteiger partial charge in [0.1, 0.15) is 0 Å². The number of carbonyl (C=O) groups is 1. The highest BCUT2D eigenvalue weighted by Crippen LogP contribution is 2.33. The molecule has 1 unspecified atom stereocenters. The van der Waals surface area contributed by atoms with E-state index in [2.05, 4.69) is 0 Å². The lowest BCUT2D eigenvalue weighted by atomic mass is 9.98. The molecule has 0 amide bonds. The minimum Gasteiger partial charge on any atom is -0.479 e. The van der Waals surface area contributed by atoms with Gasteiger partial charge in [-0.1, -0.05) is 31.9 Å². The minimum absolute atomic E-state index is 0.585. The predicted molar refractivity (Wildman–Crippen MR) is 56.5 cm³/mol. The maximum atomic E-state index is 12.3. The topological polar surface area (TPSA) is 57.5 Å². The van der Waals surface area contributed by atoms with E-state index in [1.165, 1.54) is 6.08 Å². The zero-order chi connectivity index (χ0) is 13.5. The molecule has 0 saturated carbocycles. The first-order valence-electron chi connectivity index (χ1n) is 5.43. The van der Waals surface area contributed by atoms with Gasteiger partial charge in [-0.15, -0.1) is 0 Å². The van der Waals surface area contributed by atoms with Crippen LogP contribution in [-0.2, 0) is 4.79 Å². The average molecular weight is 254 g/mol. The molecule has 0 bridgehead atoms. The van der Waals surface area contributed by atoms with E-state index in [-0.39, 0.29) is 0 Å². The minimum atomic E-state index is -5.17. The molecule has 0 aromatic carbocycles. The van der Waals surface area contributed by atoms with E-state index in [9.17, 15) is 18.0 Å². The van der Waals surface area contributed by atoms with Crippen molar-refractivity contribution < 1.29 is 28.2 Å². The Morgan fingerprint density at radius 2 is 1.82 bits per heavy atom. The Bertz CT molecular complexity index is 274. The second-order valence-corrected chi connectivity index (χ2v) is 3.83. The molecule has 0 radical (unpaired) electrons. The number of hydrogen-bond acceptors (Lipinski definition) is 2. The lowest BCUT2D eigenvalue weighted by Crippen LogP contribution is -2.51. The molecule has 0 aliphatic rings. The van der Waals surface area contributed by atoms with Crippen molar-refractivity contribution in [3.05, 3.63) is 12.2 Å². The summed E-state index contributed by atoms with van der Waals surface area (Å²) in [5.41, 5.74) is -3.69. The van der Waals surface area contributed by atoms with Crippen LogP contribution in [0.25, 0.3) is 0 Å². The van der Waals surface area contributed by atoms with Crippen molar-refractivity contribution in [2.75, 3.05) is 0 Å². The van der Waals surface area contributed by atoms with Gasteiger partial charge in [-0.05, 0) is 12.8 Å². The summed E-state index contributed by atoms with van der Waals surface area (Å²) in [4.78, 5) is 10.4. The first-order valence-corrected chi connectivity index (χ1v) is 5.43. The molecule has 0 aromatic rings. The van der Waals surface area contributed by atoms with Crippen LogP contribution in [-0.4, -0.2) is 28.0 Å². The van der Waals surface area contributed by atoms with Gasteiger partial charge < -0.3 is 10.2 Å². The van der Waals surface area contributed by atoms with Crippen LogP contribution in [0.5, 0.6) is 0 Å². The summed E-state index contributed by atoms with van der Waals surface area (Å²) in [6.07, 6.45) is -0.217. The van der Waals surface area contributed by atoms with Crippen LogP contribution in [0, 0.1) is 0 Å². The summed E-state index contributed by atoms with van der Waals surface area (Å²) >= 11 is 0. The number of halogens is 3. The van der Waals surface area contributed by atoms with Crippen LogP contribution in [0.2, 0.25) is 0 Å². The molecule has 0 spiro atoms. The quantitative estimate of drug-likeness (QED) is 0.542. The predicted octanol–water partition coefficient (Wildman–Crippen LogP) is 2.89. The van der Waals surface area contributed by atoms with Crippen molar-refractivity contribution in [1.82, 2.24) is 0 Å². The van der Waals surface area contributed by atoms with Gasteiger partial charge in [-0.3, -0.25) is 0 Å². The number of carboxylic acid groups (broad SMARTS) is 1. The highest BCUT2D eigenvalue weighted by Gasteiger charge is 2.59. The molecule has 1 atom stereocenters. The summed E-state index contributed by atoms with van der Waals surface area (Å²) in [7, 11) is 0. The Morgan fingerprint density at radius 3 is 2.24 bits per heavy atom. The molecule has 0 aromatic heterocycles. The van der Waals surface area contributed by atoms with Crippen molar-refractivity contribution in [3.8, 4) is 0 Å². The summed E-state index contributed by atoms with van der Waals surface area (Å²) in [5, 5.41) is 17.5. The molecular formula is C11H17F3O3. The molecule has 0 aliphatic carbocycles. The van der Waals surface area contributed by atoms with Crippen LogP contribution in [0.1, 0.15) is 39.0 Å². The number of unbranched alkanes of at least 4 members (excludes halogenated alkanes) is 3. The van der Waals surface area contributed by atoms with Gasteiger partial charge in [0.25, 0.3) is 5.60 Å². The number of rotatable bonds is 7. The van der Waals surface area contributed by atoms with E-state index < -0.39 is 24.2 Å². The number of aliphatic hydroxyl groups is 1. The molecule has 6 heteroatoms. The number of hydrogen-bond donors (Lipinski definition) is 2. The van der Waals surface area contributed by atoms with Crippen LogP contribution in [0.4, 0.5) is 13.2 Å². The largest absolute Gasteiger partial charge is 0.479 e. The van der Waals surface area contributed by atoms with E-state index in [1.807, 2.05) is 6.92 Å². The Morgan fingerprint density at radius 1 is 1.24 bits per heavy atom. The van der Waals surface area contributed by atoms with Gasteiger partial charge >= 0.3 is 12.1 Å². The van der Waals surface area contributed by atoms with Gasteiger partial charge in [0.15, 0.2) is 0 Å². The monoisotopic (exact) mass is 254 g/mol. The number of aliphatic carboxylic acids is 1. The van der Waals surface area contributed by atoms with Gasteiger partial charge in [0.05, 0.1) is 0 Å². The van der Waals surface area contributed by atoms with E-state index in [1.54, 1.807) is 0 Å². The summed E-state index contributed by atoms with van der Waals surface area (Å²) in [6.45, 7) is 2.00. The Hall–Kier alpha value is -1.04. The third-order valence-electron chi connectivity index (χ3n) is 2.38. The summed E-state index contributed by atoms with van der Waals surface area (Å²) in [6, 6.07) is 0. The number of carboxylic acids is 1. The molecular weight excluding hydrogens is 237 g/mol. The van der Waals surface area contributed by atoms with E-state index in [0.29, 0.717) is 6.42 Å². The highest BCUT2D eigenvalue weighted by molar-refractivity contribution is 5.78. The van der Waals surface area contributed by atoms with Gasteiger partial charge in [-0.2, -0.15) is 13.2 Å². The van der Waals surface area contributed by atoms with Crippen LogP contribution < -0.4 is 0 Å². The molecule has 0 rings (SSSR count). The highest BCUT2D eigenvalue weighted by atomic mass is 19.4. The second kappa shape index (κ2) is 6.64. The average Bonchev–Trinajstić information content (AvgIpc) is 2.20. The van der Waals surface area contributed by atoms with Gasteiger partial charge in [0, 0.05) is 6.42 Å². The number of allylic oxidation sites excluding steroid dienone is 1. The standard InChI is InChI=1S/C11H17F3O3/c1-2-3-4-5-6-7-8-10(17,9(15)16)11(12,13)14/h6-7,17H,2-5,8H2,1H3,(H,15,16)/b7-6+. The number of alkyl halides is 3. The Kier molecular flexibility index (Phi) is 6.23. The zero-order valence-corrected chi connectivity index (χ0v) is 9.63. The fraction of sp³-hybridized carbons (Fsp3) is 0.727. The van der Waals surface area contributed by atoms with Crippen molar-refractivity contribution in [2.45, 2.75) is 50.8 Å². The second-order valence-electron chi connectivity index (χ2n) is 3.83. The molecule has 0 heterocycles. The zero-order valence-electron chi connectivity index (χ0n) is 9.63. The molecule has 0 fully saturated rings. The first kappa shape index (κ1) is 16.0. The third kappa shape index (κ3) is 4.77. The smallest absolute Gasteiger partial charge is 0.428 e. The van der Waals surface area contributed by atoms with E-state index in [0.717, 1.165) is 25.3 Å². The van der Waals surface area contributed by atoms with Gasteiger partial charge in [-0.25, -0.2) is 4.79 Å². The molecule has 0 aliphatic heterocycles. The van der Waals surface area contributed by atoms with E-state index >= 15 is 0 Å². The van der Waals surface area contributed by atoms with Crippen LogP contribution >= 0.6 is 0 Å². The van der Waals surface area contributed by atoms with Crippen LogP contribution in [0.15, 0.2) is 12.2 Å². The van der Waals surface area contributed by atoms with Gasteiger partial charge in [0.2, 0.25) is 0 Å². The van der Waals surface area contributed by atoms with E-state index in [4.69, 9.17) is 10.2 Å². The molecule has 2 N–H and O–H groups in total. The fourth-order valence-electron chi connectivity index (χ4n) is 1.21. The van der Waals surface area contributed by atoms with Crippen LogP contribution in [0.3, 0.4) is 0 Å². The lowest BCUT2D eigenvalue weighted by Gasteiger charge is -2.24. The molecule has 0 saturated heterocycles. The molecule has 100 valence electrons. The maximum Gasteiger partial charge on any atom is 0.428 e. The van der Waals surface area contributed by atoms with Crippen molar-refractivity contribution in [3.63, 3.8) is 0 Å². The third-order valence-corrected chi connectivity index (χ3v) is 2.38.